The quantitative estimate of drug-likeness (QED) is 0.890. The van der Waals surface area contributed by atoms with E-state index >= 15 is 0 Å². The Balaban J connectivity index is 2.37. The molecule has 1 aromatic carbocycles. The second-order valence-corrected chi connectivity index (χ2v) is 5.66. The molecule has 1 heterocycles. The lowest BCUT2D eigenvalue weighted by atomic mass is 10.0. The fourth-order valence-electron chi connectivity index (χ4n) is 2.54. The first-order chi connectivity index (χ1) is 9.31. The highest BCUT2D eigenvalue weighted by molar-refractivity contribution is 6.31. The summed E-state index contributed by atoms with van der Waals surface area (Å²) in [7, 11) is 0. The predicted octanol–water partition coefficient (Wildman–Crippen LogP) is 3.94. The van der Waals surface area contributed by atoms with Gasteiger partial charge in [0.2, 0.25) is 0 Å². The van der Waals surface area contributed by atoms with Crippen molar-refractivity contribution >= 4 is 17.3 Å². The van der Waals surface area contributed by atoms with Crippen LogP contribution < -0.4 is 10.2 Å². The highest BCUT2D eigenvalue weighted by Gasteiger charge is 2.33. The van der Waals surface area contributed by atoms with E-state index in [0.29, 0.717) is 12.2 Å². The third kappa shape index (κ3) is 3.38. The van der Waals surface area contributed by atoms with E-state index in [1.165, 1.54) is 6.07 Å². The molecule has 1 aliphatic heterocycles. The van der Waals surface area contributed by atoms with E-state index in [4.69, 9.17) is 11.6 Å². The number of nitrogens with one attached hydrogen (secondary N) is 1. The molecule has 0 aliphatic carbocycles. The maximum atomic E-state index is 12.9. The lowest BCUT2D eigenvalue weighted by Crippen LogP contribution is -2.55. The van der Waals surface area contributed by atoms with E-state index in [9.17, 15) is 13.2 Å². The standard InChI is InChI=1S/C14H18ClF3N2/c1-3-12-7-19-9(2)8-20(12)13-5-10(14(16,17)18)4-11(15)6-13/h4-6,9,12,19H,3,7-8H2,1-2H3. The van der Waals surface area contributed by atoms with Crippen molar-refractivity contribution in [1.29, 1.82) is 0 Å². The Kier molecular flexibility index (Phi) is 4.49. The van der Waals surface area contributed by atoms with Gasteiger partial charge in [-0.2, -0.15) is 13.2 Å². The lowest BCUT2D eigenvalue weighted by molar-refractivity contribution is -0.137. The van der Waals surface area contributed by atoms with Gasteiger partial charge < -0.3 is 10.2 Å². The van der Waals surface area contributed by atoms with Gasteiger partial charge in [-0.25, -0.2) is 0 Å². The van der Waals surface area contributed by atoms with Crippen LogP contribution in [-0.4, -0.2) is 25.2 Å². The minimum atomic E-state index is -4.37. The van der Waals surface area contributed by atoms with Crippen LogP contribution >= 0.6 is 11.6 Å². The smallest absolute Gasteiger partial charge is 0.366 e. The Morgan fingerprint density at radius 1 is 1.35 bits per heavy atom. The van der Waals surface area contributed by atoms with Gasteiger partial charge in [-0.1, -0.05) is 18.5 Å². The highest BCUT2D eigenvalue weighted by Crippen LogP contribution is 2.35. The van der Waals surface area contributed by atoms with Crippen LogP contribution in [0, 0.1) is 0 Å². The van der Waals surface area contributed by atoms with Crippen molar-refractivity contribution in [2.24, 2.45) is 0 Å². The maximum absolute atomic E-state index is 12.9. The van der Waals surface area contributed by atoms with E-state index in [1.54, 1.807) is 6.07 Å². The van der Waals surface area contributed by atoms with E-state index in [2.05, 4.69) is 5.32 Å². The maximum Gasteiger partial charge on any atom is 0.416 e. The van der Waals surface area contributed by atoms with Crippen molar-refractivity contribution in [3.05, 3.63) is 28.8 Å². The molecule has 112 valence electrons. The van der Waals surface area contributed by atoms with Crippen molar-refractivity contribution in [3.63, 3.8) is 0 Å². The van der Waals surface area contributed by atoms with Gasteiger partial charge >= 0.3 is 6.18 Å². The predicted molar refractivity (Wildman–Crippen MR) is 75.3 cm³/mol. The Morgan fingerprint density at radius 3 is 2.65 bits per heavy atom. The number of hydrogen-bond donors (Lipinski definition) is 1. The molecule has 1 N–H and O–H groups in total. The molecule has 2 rings (SSSR count). The minimum absolute atomic E-state index is 0.121. The van der Waals surface area contributed by atoms with Gasteiger partial charge in [0.15, 0.2) is 0 Å². The summed E-state index contributed by atoms with van der Waals surface area (Å²) in [6.45, 7) is 5.50. The number of anilines is 1. The first-order valence-corrected chi connectivity index (χ1v) is 7.07. The zero-order chi connectivity index (χ0) is 14.9. The van der Waals surface area contributed by atoms with Crippen LogP contribution in [0.15, 0.2) is 18.2 Å². The van der Waals surface area contributed by atoms with Gasteiger partial charge in [-0.3, -0.25) is 0 Å². The molecular weight excluding hydrogens is 289 g/mol. The Morgan fingerprint density at radius 2 is 2.05 bits per heavy atom. The van der Waals surface area contributed by atoms with Crippen LogP contribution in [0.4, 0.5) is 18.9 Å². The Labute approximate surface area is 121 Å². The number of rotatable bonds is 2. The summed E-state index contributed by atoms with van der Waals surface area (Å²) in [5.74, 6) is 0. The summed E-state index contributed by atoms with van der Waals surface area (Å²) >= 11 is 5.86. The SMILES string of the molecule is CCC1CNC(C)CN1c1cc(Cl)cc(C(F)(F)F)c1. The second kappa shape index (κ2) is 5.82. The zero-order valence-corrected chi connectivity index (χ0v) is 12.2. The third-order valence-corrected chi connectivity index (χ3v) is 3.84. The number of nitrogens with zero attached hydrogens (tertiary/aromatic N) is 1. The number of benzene rings is 1. The first-order valence-electron chi connectivity index (χ1n) is 6.69. The van der Waals surface area contributed by atoms with Gasteiger partial charge in [-0.15, -0.1) is 0 Å². The van der Waals surface area contributed by atoms with Gasteiger partial charge in [0, 0.05) is 35.9 Å². The fourth-order valence-corrected chi connectivity index (χ4v) is 2.77. The molecule has 2 nitrogen and oxygen atoms in total. The fraction of sp³-hybridized carbons (Fsp3) is 0.571. The molecule has 20 heavy (non-hydrogen) atoms. The van der Waals surface area contributed by atoms with Crippen LogP contribution in [0.3, 0.4) is 0 Å². The molecule has 2 unspecified atom stereocenters. The molecule has 1 aliphatic rings. The molecular formula is C14H18ClF3N2. The Hall–Kier alpha value is -0.940. The van der Waals surface area contributed by atoms with Gasteiger partial charge in [0.25, 0.3) is 0 Å². The monoisotopic (exact) mass is 306 g/mol. The minimum Gasteiger partial charge on any atom is -0.366 e. The zero-order valence-electron chi connectivity index (χ0n) is 11.5. The van der Waals surface area contributed by atoms with Crippen molar-refractivity contribution in [2.45, 2.75) is 38.5 Å². The highest BCUT2D eigenvalue weighted by atomic mass is 35.5. The molecule has 0 spiro atoms. The molecule has 0 radical (unpaired) electrons. The third-order valence-electron chi connectivity index (χ3n) is 3.63. The van der Waals surface area contributed by atoms with E-state index in [-0.39, 0.29) is 17.1 Å². The number of hydrogen-bond acceptors (Lipinski definition) is 2. The molecule has 0 bridgehead atoms. The van der Waals surface area contributed by atoms with E-state index < -0.39 is 11.7 Å². The molecule has 2 atom stereocenters. The summed E-state index contributed by atoms with van der Waals surface area (Å²) in [5.41, 5.74) is -0.147. The van der Waals surface area contributed by atoms with Gasteiger partial charge in [-0.05, 0) is 31.5 Å². The molecule has 6 heteroatoms. The topological polar surface area (TPSA) is 15.3 Å². The number of alkyl halides is 3. The van der Waals surface area contributed by atoms with Crippen LogP contribution in [0.1, 0.15) is 25.8 Å². The Bertz CT molecular complexity index is 476. The second-order valence-electron chi connectivity index (χ2n) is 5.22. The summed E-state index contributed by atoms with van der Waals surface area (Å²) in [6, 6.07) is 4.19. The van der Waals surface area contributed by atoms with Crippen molar-refractivity contribution in [3.8, 4) is 0 Å². The first kappa shape index (κ1) is 15.4. The molecule has 0 aromatic heterocycles. The largest absolute Gasteiger partial charge is 0.416 e. The van der Waals surface area contributed by atoms with Crippen molar-refractivity contribution in [2.75, 3.05) is 18.0 Å². The van der Waals surface area contributed by atoms with Crippen LogP contribution in [0.5, 0.6) is 0 Å². The summed E-state index contributed by atoms with van der Waals surface area (Å²) in [5, 5.41) is 3.47. The van der Waals surface area contributed by atoms with Crippen molar-refractivity contribution < 1.29 is 13.2 Å². The normalized spacial score (nSPS) is 24.0. The summed E-state index contributed by atoms with van der Waals surface area (Å²) < 4.78 is 38.6. The summed E-state index contributed by atoms with van der Waals surface area (Å²) in [4.78, 5) is 2.02. The van der Waals surface area contributed by atoms with Crippen LogP contribution in [0.25, 0.3) is 0 Å². The van der Waals surface area contributed by atoms with Crippen LogP contribution in [0.2, 0.25) is 5.02 Å². The molecule has 0 amide bonds. The molecule has 1 fully saturated rings. The van der Waals surface area contributed by atoms with Gasteiger partial charge in [0.05, 0.1) is 5.56 Å². The molecule has 1 saturated heterocycles. The van der Waals surface area contributed by atoms with Crippen LogP contribution in [-0.2, 0) is 6.18 Å². The number of piperazine rings is 1. The molecule has 1 aromatic rings. The number of halogens is 4. The lowest BCUT2D eigenvalue weighted by Gasteiger charge is -2.41. The summed E-state index contributed by atoms with van der Waals surface area (Å²) in [6.07, 6.45) is -3.51. The van der Waals surface area contributed by atoms with E-state index in [1.807, 2.05) is 18.7 Å². The van der Waals surface area contributed by atoms with Crippen molar-refractivity contribution in [1.82, 2.24) is 5.32 Å². The van der Waals surface area contributed by atoms with Gasteiger partial charge in [0.1, 0.15) is 0 Å². The average molecular weight is 307 g/mol. The average Bonchev–Trinajstić information content (AvgIpc) is 2.37. The van der Waals surface area contributed by atoms with E-state index in [0.717, 1.165) is 19.0 Å². The molecule has 0 saturated carbocycles.